The van der Waals surface area contributed by atoms with E-state index in [0.29, 0.717) is 19.3 Å². The van der Waals surface area contributed by atoms with Crippen LogP contribution in [0, 0.1) is 0 Å². The zero-order valence-corrected chi connectivity index (χ0v) is 42.3. The van der Waals surface area contributed by atoms with Crippen LogP contribution in [0.5, 0.6) is 0 Å². The molecule has 0 aliphatic carbocycles. The van der Waals surface area contributed by atoms with E-state index in [1.54, 1.807) is 0 Å². The molecule has 1 atom stereocenters. The summed E-state index contributed by atoms with van der Waals surface area (Å²) in [5, 5.41) is 0. The maximum atomic E-state index is 12.8. The summed E-state index contributed by atoms with van der Waals surface area (Å²) in [5.41, 5.74) is 0. The van der Waals surface area contributed by atoms with Crippen molar-refractivity contribution in [2.45, 2.75) is 277 Å². The van der Waals surface area contributed by atoms with Crippen LogP contribution in [0.25, 0.3) is 0 Å². The first-order valence-corrected chi connectivity index (χ1v) is 27.3. The Labute approximate surface area is 396 Å². The third-order valence-corrected chi connectivity index (χ3v) is 11.8. The maximum absolute atomic E-state index is 12.8. The molecular weight excluding hydrogens is 793 g/mol. The van der Waals surface area contributed by atoms with E-state index in [1.807, 2.05) is 0 Å². The summed E-state index contributed by atoms with van der Waals surface area (Å²) in [4.78, 5) is 38.0. The van der Waals surface area contributed by atoms with Gasteiger partial charge in [-0.2, -0.15) is 0 Å². The summed E-state index contributed by atoms with van der Waals surface area (Å²) in [6, 6.07) is 0. The van der Waals surface area contributed by atoms with Crippen molar-refractivity contribution in [3.63, 3.8) is 0 Å². The van der Waals surface area contributed by atoms with Gasteiger partial charge in [-0.3, -0.25) is 14.4 Å². The number of ether oxygens (including phenoxy) is 3. The second-order valence-corrected chi connectivity index (χ2v) is 18.1. The lowest BCUT2D eigenvalue weighted by atomic mass is 10.0. The molecule has 6 nitrogen and oxygen atoms in total. The van der Waals surface area contributed by atoms with Crippen LogP contribution in [-0.4, -0.2) is 37.2 Å². The number of unbranched alkanes of at least 4 members (excludes halogenated alkanes) is 28. The van der Waals surface area contributed by atoms with Crippen molar-refractivity contribution in [2.24, 2.45) is 0 Å². The topological polar surface area (TPSA) is 78.9 Å². The molecule has 0 aliphatic rings. The second-order valence-electron chi connectivity index (χ2n) is 18.1. The summed E-state index contributed by atoms with van der Waals surface area (Å²) in [6.07, 6.45) is 65.0. The van der Waals surface area contributed by atoms with Crippen LogP contribution >= 0.6 is 0 Å². The van der Waals surface area contributed by atoms with E-state index in [0.717, 1.165) is 83.5 Å². The van der Waals surface area contributed by atoms with Gasteiger partial charge in [0.25, 0.3) is 0 Å². The highest BCUT2D eigenvalue weighted by molar-refractivity contribution is 5.71. The van der Waals surface area contributed by atoms with Gasteiger partial charge in [0.1, 0.15) is 13.2 Å². The molecule has 0 saturated carbocycles. The smallest absolute Gasteiger partial charge is 0.306 e. The molecule has 0 heterocycles. The van der Waals surface area contributed by atoms with Gasteiger partial charge in [-0.25, -0.2) is 0 Å². The van der Waals surface area contributed by atoms with Gasteiger partial charge < -0.3 is 14.2 Å². The molecule has 0 aromatic carbocycles. The van der Waals surface area contributed by atoms with Gasteiger partial charge >= 0.3 is 17.9 Å². The number of hydrogen-bond acceptors (Lipinski definition) is 6. The summed E-state index contributed by atoms with van der Waals surface area (Å²) in [5.74, 6) is -0.934. The Morgan fingerprint density at radius 1 is 0.328 bits per heavy atom. The van der Waals surface area contributed by atoms with Gasteiger partial charge in [0, 0.05) is 19.3 Å². The number of rotatable bonds is 49. The lowest BCUT2D eigenvalue weighted by Crippen LogP contribution is -2.30. The van der Waals surface area contributed by atoms with Crippen LogP contribution in [0.3, 0.4) is 0 Å². The molecule has 0 bridgehead atoms. The predicted molar refractivity (Wildman–Crippen MR) is 275 cm³/mol. The SMILES string of the molecule is CC/C=C\C/C=C\C/C=C\C/C=C\CCCCC(=O)OC(COC(=O)CCCCCCC/C=C\CCCCCC)COC(=O)CCCCCCCCCCCCCCCCCCCC. The predicted octanol–water partition coefficient (Wildman–Crippen LogP) is 18.0. The monoisotopic (exact) mass is 895 g/mol. The molecule has 6 heteroatoms. The van der Waals surface area contributed by atoms with Crippen molar-refractivity contribution in [2.75, 3.05) is 13.2 Å². The summed E-state index contributed by atoms with van der Waals surface area (Å²) < 4.78 is 16.8. The Morgan fingerprint density at radius 3 is 1.02 bits per heavy atom. The number of hydrogen-bond donors (Lipinski definition) is 0. The summed E-state index contributed by atoms with van der Waals surface area (Å²) in [6.45, 7) is 6.49. The first kappa shape index (κ1) is 61.1. The number of esters is 3. The third kappa shape index (κ3) is 50.1. The lowest BCUT2D eigenvalue weighted by molar-refractivity contribution is -0.167. The van der Waals surface area contributed by atoms with Gasteiger partial charge in [0.2, 0.25) is 0 Å². The molecule has 0 N–H and O–H groups in total. The van der Waals surface area contributed by atoms with Crippen LogP contribution < -0.4 is 0 Å². The average Bonchev–Trinajstić information content (AvgIpc) is 3.29. The highest BCUT2D eigenvalue weighted by Crippen LogP contribution is 2.16. The van der Waals surface area contributed by atoms with Crippen molar-refractivity contribution in [1.82, 2.24) is 0 Å². The lowest BCUT2D eigenvalue weighted by Gasteiger charge is -2.18. The van der Waals surface area contributed by atoms with E-state index in [2.05, 4.69) is 81.5 Å². The maximum Gasteiger partial charge on any atom is 0.306 e. The molecule has 1 unspecified atom stereocenters. The molecule has 0 aromatic rings. The van der Waals surface area contributed by atoms with Crippen LogP contribution in [-0.2, 0) is 28.6 Å². The number of carbonyl (C=O) groups is 3. The zero-order valence-electron chi connectivity index (χ0n) is 42.3. The molecule has 0 saturated heterocycles. The molecule has 370 valence electrons. The minimum absolute atomic E-state index is 0.0912. The molecule has 0 aromatic heterocycles. The molecule has 0 rings (SSSR count). The first-order valence-electron chi connectivity index (χ1n) is 27.3. The Hall–Kier alpha value is -2.89. The van der Waals surface area contributed by atoms with E-state index in [4.69, 9.17) is 14.2 Å². The Balaban J connectivity index is 4.40. The third-order valence-electron chi connectivity index (χ3n) is 11.8. The second kappa shape index (κ2) is 52.7. The fourth-order valence-corrected chi connectivity index (χ4v) is 7.66. The fourth-order valence-electron chi connectivity index (χ4n) is 7.66. The molecule has 64 heavy (non-hydrogen) atoms. The molecule has 0 aliphatic heterocycles. The van der Waals surface area contributed by atoms with Crippen LogP contribution in [0.15, 0.2) is 60.8 Å². The van der Waals surface area contributed by atoms with Crippen molar-refractivity contribution in [3.8, 4) is 0 Å². The first-order chi connectivity index (χ1) is 31.5. The van der Waals surface area contributed by atoms with Crippen molar-refractivity contribution in [3.05, 3.63) is 60.8 Å². The van der Waals surface area contributed by atoms with Crippen molar-refractivity contribution >= 4 is 17.9 Å². The van der Waals surface area contributed by atoms with E-state index in [9.17, 15) is 14.4 Å². The normalized spacial score (nSPS) is 12.5. The van der Waals surface area contributed by atoms with Gasteiger partial charge in [-0.1, -0.05) is 229 Å². The molecular formula is C58H102O6. The van der Waals surface area contributed by atoms with E-state index < -0.39 is 6.10 Å². The van der Waals surface area contributed by atoms with Gasteiger partial charge in [0.05, 0.1) is 0 Å². The van der Waals surface area contributed by atoms with E-state index in [-0.39, 0.29) is 37.5 Å². The number of carbonyl (C=O) groups excluding carboxylic acids is 3. The van der Waals surface area contributed by atoms with Crippen LogP contribution in [0.2, 0.25) is 0 Å². The standard InChI is InChI=1S/C58H102O6/c1-4-7-10-13-16-19-22-25-27-28-29-31-33-36-39-42-45-48-51-57(60)63-54-55(53-62-56(59)50-47-44-41-38-35-32-24-21-18-15-12-9-6-3)64-58(61)52-49-46-43-40-37-34-30-26-23-20-17-14-11-8-5-2/h8,11,17,20-21,24,26,30,37,40,55H,4-7,9-10,12-16,18-19,22-23,25,27-29,31-36,38-39,41-54H2,1-3H3/b11-8-,20-17-,24-21-,30-26-,40-37-. The summed E-state index contributed by atoms with van der Waals surface area (Å²) >= 11 is 0. The Morgan fingerprint density at radius 2 is 0.609 bits per heavy atom. The largest absolute Gasteiger partial charge is 0.462 e. The Bertz CT molecular complexity index is 1170. The molecule has 0 spiro atoms. The highest BCUT2D eigenvalue weighted by Gasteiger charge is 2.19. The number of allylic oxidation sites excluding steroid dienone is 10. The van der Waals surface area contributed by atoms with Crippen LogP contribution in [0.4, 0.5) is 0 Å². The molecule has 0 fully saturated rings. The quantitative estimate of drug-likeness (QED) is 0.0262. The van der Waals surface area contributed by atoms with Gasteiger partial charge in [0.15, 0.2) is 6.10 Å². The summed E-state index contributed by atoms with van der Waals surface area (Å²) in [7, 11) is 0. The Kier molecular flexibility index (Phi) is 50.4. The molecule has 0 amide bonds. The van der Waals surface area contributed by atoms with E-state index >= 15 is 0 Å². The zero-order chi connectivity index (χ0) is 46.5. The minimum Gasteiger partial charge on any atom is -0.462 e. The highest BCUT2D eigenvalue weighted by atomic mass is 16.6. The minimum atomic E-state index is -0.797. The van der Waals surface area contributed by atoms with Crippen LogP contribution in [0.1, 0.15) is 271 Å². The van der Waals surface area contributed by atoms with Gasteiger partial charge in [-0.05, 0) is 83.5 Å². The van der Waals surface area contributed by atoms with E-state index in [1.165, 1.54) is 141 Å². The molecule has 0 radical (unpaired) electrons. The fraction of sp³-hybridized carbons (Fsp3) is 0.776. The average molecular weight is 895 g/mol. The van der Waals surface area contributed by atoms with Gasteiger partial charge in [-0.15, -0.1) is 0 Å². The van der Waals surface area contributed by atoms with Crippen molar-refractivity contribution < 1.29 is 28.6 Å². The van der Waals surface area contributed by atoms with Crippen molar-refractivity contribution in [1.29, 1.82) is 0 Å².